The van der Waals surface area contributed by atoms with Crippen LogP contribution < -0.4 is 4.90 Å². The third-order valence-electron chi connectivity index (χ3n) is 8.96. The zero-order valence-electron chi connectivity index (χ0n) is 24.9. The molecule has 6 heteroatoms. The number of anilines is 2. The van der Waals surface area contributed by atoms with Crippen LogP contribution in [0.3, 0.4) is 0 Å². The molecule has 0 bridgehead atoms. The quantitative estimate of drug-likeness (QED) is 0.182. The van der Waals surface area contributed by atoms with Crippen LogP contribution in [0.1, 0.15) is 10.4 Å². The second-order valence-corrected chi connectivity index (χ2v) is 12.5. The fourth-order valence-electron chi connectivity index (χ4n) is 6.80. The van der Waals surface area contributed by atoms with Gasteiger partial charge >= 0.3 is 0 Å². The van der Waals surface area contributed by atoms with Crippen LogP contribution in [0.2, 0.25) is 0 Å². The third-order valence-corrected chi connectivity index (χ3v) is 10.2. The Balaban J connectivity index is 1.38. The van der Waals surface area contributed by atoms with Gasteiger partial charge < -0.3 is 4.90 Å². The van der Waals surface area contributed by atoms with Crippen molar-refractivity contribution in [2.75, 3.05) is 11.9 Å². The van der Waals surface area contributed by atoms with E-state index in [0.717, 1.165) is 39.6 Å². The second-order valence-electron chi connectivity index (χ2n) is 11.5. The second kappa shape index (κ2) is 10.4. The maximum absolute atomic E-state index is 12.5. The number of hydrogen-bond donors (Lipinski definition) is 0. The molecule has 0 N–H and O–H groups in total. The topological polar surface area (TPSA) is 51.0 Å². The van der Waals surface area contributed by atoms with E-state index in [-0.39, 0.29) is 0 Å². The van der Waals surface area contributed by atoms with E-state index in [2.05, 4.69) is 100 Å². The van der Waals surface area contributed by atoms with Crippen LogP contribution in [0.4, 0.5) is 11.4 Å². The molecular formula is C40H26N4OS. The number of thiophene rings is 1. The smallest absolute Gasteiger partial charge is 0.235 e. The molecule has 9 aromatic rings. The van der Waals surface area contributed by atoms with Gasteiger partial charge in [-0.3, -0.25) is 9.36 Å². The number of aromatic nitrogens is 3. The van der Waals surface area contributed by atoms with E-state index in [0.29, 0.717) is 17.2 Å². The molecule has 3 aromatic heterocycles. The van der Waals surface area contributed by atoms with Gasteiger partial charge in [-0.15, -0.1) is 11.3 Å². The Labute approximate surface area is 268 Å². The number of carbonyl (C=O) groups is 1. The van der Waals surface area contributed by atoms with Crippen molar-refractivity contribution in [1.82, 2.24) is 14.5 Å². The molecule has 0 aliphatic rings. The van der Waals surface area contributed by atoms with Crippen molar-refractivity contribution in [1.29, 1.82) is 0 Å². The number of hydrogen-bond acceptors (Lipinski definition) is 5. The van der Waals surface area contributed by atoms with Gasteiger partial charge in [0, 0.05) is 50.7 Å². The van der Waals surface area contributed by atoms with Gasteiger partial charge in [0.15, 0.2) is 6.29 Å². The number of nitrogens with zero attached hydrogens (tertiary/aromatic N) is 4. The van der Waals surface area contributed by atoms with Crippen LogP contribution in [-0.2, 0) is 0 Å². The van der Waals surface area contributed by atoms with Gasteiger partial charge in [0.1, 0.15) is 0 Å². The monoisotopic (exact) mass is 610 g/mol. The fourth-order valence-corrected chi connectivity index (χ4v) is 8.04. The summed E-state index contributed by atoms with van der Waals surface area (Å²) >= 11 is 1.79. The summed E-state index contributed by atoms with van der Waals surface area (Å²) in [7, 11) is 2.03. The highest BCUT2D eigenvalue weighted by Crippen LogP contribution is 2.44. The van der Waals surface area contributed by atoms with Crippen molar-refractivity contribution < 1.29 is 4.79 Å². The van der Waals surface area contributed by atoms with Crippen molar-refractivity contribution in [3.05, 3.63) is 139 Å². The first-order valence-corrected chi connectivity index (χ1v) is 16.0. The molecule has 0 atom stereocenters. The van der Waals surface area contributed by atoms with E-state index in [1.807, 2.05) is 43.4 Å². The van der Waals surface area contributed by atoms with Crippen molar-refractivity contribution in [2.45, 2.75) is 0 Å². The lowest BCUT2D eigenvalue weighted by Gasteiger charge is -2.23. The molecule has 0 aliphatic carbocycles. The standard InChI is InChI=1S/C40H26N4OS/c1-43(27-12-3-2-4-13-27)33-17-9-7-16-31(33)37-26(24-45)23-41-40(42-37)44-34-22-19-25-11-5-6-14-28(25)36(34)32-21-20-30-29-15-8-10-18-35(29)46-39(30)38(32)44/h2-24H,1H3. The highest BCUT2D eigenvalue weighted by molar-refractivity contribution is 7.26. The lowest BCUT2D eigenvalue weighted by Crippen LogP contribution is -2.12. The molecule has 0 radical (unpaired) electrons. The number of carbonyl (C=O) groups excluding carboxylic acids is 1. The molecule has 0 unspecified atom stereocenters. The number of aldehydes is 1. The van der Waals surface area contributed by atoms with E-state index in [1.165, 1.54) is 36.3 Å². The van der Waals surface area contributed by atoms with E-state index in [1.54, 1.807) is 17.5 Å². The average molecular weight is 611 g/mol. The van der Waals surface area contributed by atoms with Gasteiger partial charge in [0.25, 0.3) is 0 Å². The molecule has 0 saturated heterocycles. The highest BCUT2D eigenvalue weighted by Gasteiger charge is 2.22. The molecule has 0 saturated carbocycles. The van der Waals surface area contributed by atoms with E-state index < -0.39 is 0 Å². The molecule has 5 nitrogen and oxygen atoms in total. The molecule has 9 rings (SSSR count). The predicted octanol–water partition coefficient (Wildman–Crippen LogP) is 10.3. The van der Waals surface area contributed by atoms with E-state index in [9.17, 15) is 4.79 Å². The van der Waals surface area contributed by atoms with Gasteiger partial charge in [-0.2, -0.15) is 0 Å². The van der Waals surface area contributed by atoms with Gasteiger partial charge in [0.2, 0.25) is 5.95 Å². The van der Waals surface area contributed by atoms with E-state index in [4.69, 9.17) is 9.97 Å². The van der Waals surface area contributed by atoms with Crippen LogP contribution in [0, 0.1) is 0 Å². The summed E-state index contributed by atoms with van der Waals surface area (Å²) in [6, 6.07) is 44.2. The SMILES string of the molecule is CN(c1ccccc1)c1ccccc1-c1nc(-n2c3ccc4ccccc4c3c3ccc4c5ccccc5sc4c32)ncc1C=O. The Bertz CT molecular complexity index is 2640. The molecule has 218 valence electrons. The first-order chi connectivity index (χ1) is 22.7. The van der Waals surface area contributed by atoms with Crippen molar-refractivity contribution in [3.8, 4) is 17.2 Å². The van der Waals surface area contributed by atoms with Crippen LogP contribution >= 0.6 is 11.3 Å². The van der Waals surface area contributed by atoms with Gasteiger partial charge in [-0.25, -0.2) is 9.97 Å². The third kappa shape index (κ3) is 3.90. The molecule has 0 amide bonds. The lowest BCUT2D eigenvalue weighted by molar-refractivity contribution is 0.112. The Morgan fingerprint density at radius 1 is 0.717 bits per heavy atom. The largest absolute Gasteiger partial charge is 0.344 e. The molecule has 6 aromatic carbocycles. The van der Waals surface area contributed by atoms with Crippen LogP contribution in [0.15, 0.2) is 134 Å². The predicted molar refractivity (Wildman–Crippen MR) is 192 cm³/mol. The number of para-hydroxylation sites is 2. The number of benzene rings is 6. The number of rotatable bonds is 5. The number of fused-ring (bicyclic) bond motifs is 9. The van der Waals surface area contributed by atoms with Crippen molar-refractivity contribution in [2.24, 2.45) is 0 Å². The van der Waals surface area contributed by atoms with E-state index >= 15 is 0 Å². The Morgan fingerprint density at radius 2 is 1.46 bits per heavy atom. The van der Waals surface area contributed by atoms with Gasteiger partial charge in [0.05, 0.1) is 32.7 Å². The fraction of sp³-hybridized carbons (Fsp3) is 0.0250. The van der Waals surface area contributed by atoms with Crippen LogP contribution in [0.25, 0.3) is 70.0 Å². The molecule has 0 aliphatic heterocycles. The minimum atomic E-state index is 0.441. The molecule has 3 heterocycles. The lowest BCUT2D eigenvalue weighted by atomic mass is 10.0. The zero-order valence-corrected chi connectivity index (χ0v) is 25.7. The summed E-state index contributed by atoms with van der Waals surface area (Å²) in [5, 5.41) is 7.13. The Hall–Kier alpha value is -5.85. The average Bonchev–Trinajstić information content (AvgIpc) is 3.67. The first kappa shape index (κ1) is 26.5. The maximum atomic E-state index is 12.5. The molecule has 0 fully saturated rings. The molecule has 46 heavy (non-hydrogen) atoms. The summed E-state index contributed by atoms with van der Waals surface area (Å²) in [4.78, 5) is 24.7. The maximum Gasteiger partial charge on any atom is 0.235 e. The minimum Gasteiger partial charge on any atom is -0.344 e. The van der Waals surface area contributed by atoms with Crippen LogP contribution in [-0.4, -0.2) is 27.9 Å². The summed E-state index contributed by atoms with van der Waals surface area (Å²) < 4.78 is 4.62. The summed E-state index contributed by atoms with van der Waals surface area (Å²) in [6.07, 6.45) is 2.51. The van der Waals surface area contributed by atoms with Crippen molar-refractivity contribution in [3.63, 3.8) is 0 Å². The summed E-state index contributed by atoms with van der Waals surface area (Å²) in [6.45, 7) is 0. The summed E-state index contributed by atoms with van der Waals surface area (Å²) in [5.74, 6) is 0.526. The van der Waals surface area contributed by atoms with Crippen LogP contribution in [0.5, 0.6) is 0 Å². The molecular weight excluding hydrogens is 585 g/mol. The van der Waals surface area contributed by atoms with Crippen molar-refractivity contribution >= 4 is 81.7 Å². The highest BCUT2D eigenvalue weighted by atomic mass is 32.1. The first-order valence-electron chi connectivity index (χ1n) is 15.2. The zero-order chi connectivity index (χ0) is 30.8. The normalized spacial score (nSPS) is 11.7. The Morgan fingerprint density at radius 3 is 2.33 bits per heavy atom. The summed E-state index contributed by atoms with van der Waals surface area (Å²) in [5.41, 5.74) is 5.98. The molecule has 0 spiro atoms. The van der Waals surface area contributed by atoms with Gasteiger partial charge in [-0.1, -0.05) is 97.1 Å². The Kier molecular flexibility index (Phi) is 5.98. The minimum absolute atomic E-state index is 0.441. The van der Waals surface area contributed by atoms with Gasteiger partial charge in [-0.05, 0) is 41.1 Å².